The fourth-order valence-electron chi connectivity index (χ4n) is 2.32. The lowest BCUT2D eigenvalue weighted by atomic mass is 9.98. The Morgan fingerprint density at radius 1 is 1.24 bits per heavy atom. The number of rotatable bonds is 4. The second kappa shape index (κ2) is 6.35. The molecule has 1 aromatic heterocycles. The van der Waals surface area contributed by atoms with Gasteiger partial charge in [-0.05, 0) is 43.0 Å². The second-order valence-electron chi connectivity index (χ2n) is 4.91. The molecule has 0 aliphatic carbocycles. The summed E-state index contributed by atoms with van der Waals surface area (Å²) in [6.45, 7) is 6.50. The largest absolute Gasteiger partial charge is 0.496 e. The topological polar surface area (TPSA) is 64.1 Å². The first-order valence-electron chi connectivity index (χ1n) is 6.72. The van der Waals surface area contributed by atoms with Crippen LogP contribution in [0.5, 0.6) is 5.75 Å². The van der Waals surface area contributed by atoms with E-state index in [1.54, 1.807) is 7.11 Å². The number of nitrogens with zero attached hydrogens (tertiary/aromatic N) is 2. The third kappa shape index (κ3) is 3.18. The van der Waals surface area contributed by atoms with Crippen molar-refractivity contribution in [3.05, 3.63) is 52.6 Å². The molecule has 1 amide bonds. The summed E-state index contributed by atoms with van der Waals surface area (Å²) in [5.41, 5.74) is 4.67. The molecular weight excluding hydrogens is 266 g/mol. The smallest absolute Gasteiger partial charge is 0.271 e. The van der Waals surface area contributed by atoms with E-state index in [4.69, 9.17) is 4.74 Å². The molecule has 0 bridgehead atoms. The molecule has 0 saturated heterocycles. The van der Waals surface area contributed by atoms with Gasteiger partial charge in [-0.3, -0.25) is 9.78 Å². The van der Waals surface area contributed by atoms with Crippen LogP contribution in [-0.4, -0.2) is 23.0 Å². The van der Waals surface area contributed by atoms with Crippen LogP contribution in [0.15, 0.2) is 24.7 Å². The Bertz CT molecular complexity index is 654. The van der Waals surface area contributed by atoms with Gasteiger partial charge in [0.25, 0.3) is 5.91 Å². The van der Waals surface area contributed by atoms with Crippen molar-refractivity contribution in [2.75, 3.05) is 7.11 Å². The van der Waals surface area contributed by atoms with E-state index >= 15 is 0 Å². The molecule has 2 rings (SSSR count). The fraction of sp³-hybridized carbons (Fsp3) is 0.312. The molecule has 21 heavy (non-hydrogen) atoms. The predicted octanol–water partition coefficient (Wildman–Crippen LogP) is 2.34. The maximum absolute atomic E-state index is 12.0. The lowest BCUT2D eigenvalue weighted by Crippen LogP contribution is -2.24. The number of amides is 1. The van der Waals surface area contributed by atoms with Gasteiger partial charge in [0.05, 0.1) is 13.3 Å². The van der Waals surface area contributed by atoms with Crippen LogP contribution < -0.4 is 10.1 Å². The average Bonchev–Trinajstić information content (AvgIpc) is 2.50. The van der Waals surface area contributed by atoms with Crippen LogP contribution in [0.1, 0.15) is 32.7 Å². The second-order valence-corrected chi connectivity index (χ2v) is 4.91. The molecule has 5 heteroatoms. The highest BCUT2D eigenvalue weighted by molar-refractivity contribution is 5.91. The van der Waals surface area contributed by atoms with Gasteiger partial charge in [-0.1, -0.05) is 6.07 Å². The molecule has 0 atom stereocenters. The van der Waals surface area contributed by atoms with E-state index in [1.807, 2.05) is 26.8 Å². The predicted molar refractivity (Wildman–Crippen MR) is 80.4 cm³/mol. The van der Waals surface area contributed by atoms with E-state index in [2.05, 4.69) is 15.3 Å². The average molecular weight is 285 g/mol. The van der Waals surface area contributed by atoms with Crippen molar-refractivity contribution in [3.63, 3.8) is 0 Å². The summed E-state index contributed by atoms with van der Waals surface area (Å²) >= 11 is 0. The van der Waals surface area contributed by atoms with E-state index in [0.29, 0.717) is 12.2 Å². The quantitative estimate of drug-likeness (QED) is 0.936. The molecule has 0 aliphatic rings. The lowest BCUT2D eigenvalue weighted by molar-refractivity contribution is 0.0945. The zero-order valence-electron chi connectivity index (χ0n) is 12.7. The van der Waals surface area contributed by atoms with E-state index in [9.17, 15) is 4.79 Å². The Morgan fingerprint density at radius 2 is 2.00 bits per heavy atom. The molecule has 0 spiro atoms. The molecule has 1 N–H and O–H groups in total. The minimum Gasteiger partial charge on any atom is -0.496 e. The van der Waals surface area contributed by atoms with Gasteiger partial charge in [-0.2, -0.15) is 0 Å². The molecular formula is C16H19N3O2. The van der Waals surface area contributed by atoms with Crippen molar-refractivity contribution >= 4 is 5.91 Å². The van der Waals surface area contributed by atoms with Crippen molar-refractivity contribution in [2.45, 2.75) is 27.3 Å². The molecule has 0 fully saturated rings. The normalized spacial score (nSPS) is 10.3. The summed E-state index contributed by atoms with van der Waals surface area (Å²) in [4.78, 5) is 19.9. The van der Waals surface area contributed by atoms with Gasteiger partial charge < -0.3 is 10.1 Å². The third-order valence-electron chi connectivity index (χ3n) is 3.57. The van der Waals surface area contributed by atoms with E-state index in [-0.39, 0.29) is 5.91 Å². The molecule has 1 aromatic carbocycles. The van der Waals surface area contributed by atoms with Crippen LogP contribution in [0, 0.1) is 20.8 Å². The van der Waals surface area contributed by atoms with Crippen LogP contribution in [0.2, 0.25) is 0 Å². The molecule has 5 nitrogen and oxygen atoms in total. The molecule has 0 aliphatic heterocycles. The summed E-state index contributed by atoms with van der Waals surface area (Å²) in [6.07, 6.45) is 4.49. The molecule has 1 heterocycles. The van der Waals surface area contributed by atoms with Crippen molar-refractivity contribution in [1.29, 1.82) is 0 Å². The Hall–Kier alpha value is -2.43. The van der Waals surface area contributed by atoms with Crippen LogP contribution in [-0.2, 0) is 6.54 Å². The molecule has 0 radical (unpaired) electrons. The summed E-state index contributed by atoms with van der Waals surface area (Å²) in [5, 5.41) is 2.87. The van der Waals surface area contributed by atoms with Crippen molar-refractivity contribution in [3.8, 4) is 5.75 Å². The number of aromatic nitrogens is 2. The first-order valence-corrected chi connectivity index (χ1v) is 6.72. The van der Waals surface area contributed by atoms with Crippen LogP contribution >= 0.6 is 0 Å². The monoisotopic (exact) mass is 285 g/mol. The van der Waals surface area contributed by atoms with Gasteiger partial charge in [-0.25, -0.2) is 4.98 Å². The number of ether oxygens (including phenoxy) is 1. The zero-order valence-corrected chi connectivity index (χ0v) is 12.7. The Balaban J connectivity index is 2.16. The van der Waals surface area contributed by atoms with Gasteiger partial charge in [0, 0.05) is 18.9 Å². The van der Waals surface area contributed by atoms with Gasteiger partial charge in [0.15, 0.2) is 0 Å². The Kier molecular flexibility index (Phi) is 4.52. The summed E-state index contributed by atoms with van der Waals surface area (Å²) in [6, 6.07) is 2.04. The van der Waals surface area contributed by atoms with E-state index < -0.39 is 0 Å². The maximum Gasteiger partial charge on any atom is 0.271 e. The highest BCUT2D eigenvalue weighted by Gasteiger charge is 2.12. The number of aryl methyl sites for hydroxylation is 1. The van der Waals surface area contributed by atoms with Crippen molar-refractivity contribution in [1.82, 2.24) is 15.3 Å². The third-order valence-corrected chi connectivity index (χ3v) is 3.57. The Labute approximate surface area is 124 Å². The maximum atomic E-state index is 12.0. The molecule has 0 saturated carbocycles. The van der Waals surface area contributed by atoms with E-state index in [1.165, 1.54) is 18.6 Å². The minimum absolute atomic E-state index is 0.228. The van der Waals surface area contributed by atoms with Gasteiger partial charge >= 0.3 is 0 Å². The standard InChI is InChI=1S/C16H19N3O2/c1-10-7-13(11(2)12(3)15(10)21-4)8-19-16(20)14-9-17-5-6-18-14/h5-7,9H,8H2,1-4H3,(H,19,20). The number of carbonyl (C=O) groups is 1. The lowest BCUT2D eigenvalue weighted by Gasteiger charge is -2.16. The van der Waals surface area contributed by atoms with Gasteiger partial charge in [-0.15, -0.1) is 0 Å². The Morgan fingerprint density at radius 3 is 2.62 bits per heavy atom. The first kappa shape index (κ1) is 15.0. The first-order chi connectivity index (χ1) is 10.0. The fourth-order valence-corrected chi connectivity index (χ4v) is 2.32. The number of carbonyl (C=O) groups excluding carboxylic acids is 1. The number of nitrogens with one attached hydrogen (secondary N) is 1. The number of methoxy groups -OCH3 is 1. The minimum atomic E-state index is -0.228. The van der Waals surface area contributed by atoms with Gasteiger partial charge in [0.2, 0.25) is 0 Å². The summed E-state index contributed by atoms with van der Waals surface area (Å²) < 4.78 is 5.40. The van der Waals surface area contributed by atoms with Gasteiger partial charge in [0.1, 0.15) is 11.4 Å². The van der Waals surface area contributed by atoms with Crippen molar-refractivity contribution < 1.29 is 9.53 Å². The highest BCUT2D eigenvalue weighted by Crippen LogP contribution is 2.28. The zero-order chi connectivity index (χ0) is 15.4. The van der Waals surface area contributed by atoms with E-state index in [0.717, 1.165) is 28.0 Å². The summed E-state index contributed by atoms with van der Waals surface area (Å²) in [5.74, 6) is 0.671. The molecule has 0 unspecified atom stereocenters. The SMILES string of the molecule is COc1c(C)cc(CNC(=O)c2cnccn2)c(C)c1C. The van der Waals surface area contributed by atoms with Crippen LogP contribution in [0.25, 0.3) is 0 Å². The molecule has 110 valence electrons. The number of benzene rings is 1. The van der Waals surface area contributed by atoms with Crippen LogP contribution in [0.3, 0.4) is 0 Å². The van der Waals surface area contributed by atoms with Crippen LogP contribution in [0.4, 0.5) is 0 Å². The number of hydrogen-bond acceptors (Lipinski definition) is 4. The molecule has 2 aromatic rings. The summed E-state index contributed by atoms with van der Waals surface area (Å²) in [7, 11) is 1.67. The highest BCUT2D eigenvalue weighted by atomic mass is 16.5. The van der Waals surface area contributed by atoms with Crippen molar-refractivity contribution in [2.24, 2.45) is 0 Å². The number of hydrogen-bond donors (Lipinski definition) is 1.